The predicted octanol–water partition coefficient (Wildman–Crippen LogP) is 3.49. The first-order chi connectivity index (χ1) is 18.9. The summed E-state index contributed by atoms with van der Waals surface area (Å²) in [6.45, 7) is 0.450. The Hall–Kier alpha value is -3.18. The maximum Gasteiger partial charge on any atom is 0.411 e. The van der Waals surface area contributed by atoms with Gasteiger partial charge in [-0.05, 0) is 42.9 Å². The molecule has 11 heteroatoms. The molecular formula is C29H37ClN4O6. The van der Waals surface area contributed by atoms with Gasteiger partial charge < -0.3 is 14.6 Å². The molecule has 2 heterocycles. The minimum Gasteiger partial charge on any atom is -0.445 e. The summed E-state index contributed by atoms with van der Waals surface area (Å²) in [4.78, 5) is 43.8. The van der Waals surface area contributed by atoms with E-state index in [4.69, 9.17) is 15.3 Å². The van der Waals surface area contributed by atoms with Gasteiger partial charge in [-0.25, -0.2) is 25.3 Å². The molecule has 10 nitrogen and oxygen atoms in total. The largest absolute Gasteiger partial charge is 0.445 e. The highest BCUT2D eigenvalue weighted by Crippen LogP contribution is 2.31. The van der Waals surface area contributed by atoms with E-state index in [0.717, 1.165) is 42.7 Å². The average molecular weight is 573 g/mol. The van der Waals surface area contributed by atoms with Crippen molar-refractivity contribution in [3.63, 3.8) is 0 Å². The second-order valence-corrected chi connectivity index (χ2v) is 10.4. The predicted molar refractivity (Wildman–Crippen MR) is 150 cm³/mol. The number of anilines is 1. The molecule has 2 aromatic rings. The van der Waals surface area contributed by atoms with Crippen molar-refractivity contribution in [3.8, 4) is 0 Å². The molecular weight excluding hydrogens is 536 g/mol. The molecule has 216 valence electrons. The van der Waals surface area contributed by atoms with Gasteiger partial charge in [-0.1, -0.05) is 67.8 Å². The van der Waals surface area contributed by atoms with Gasteiger partial charge in [0, 0.05) is 19.0 Å². The minimum atomic E-state index is -1.56. The highest BCUT2D eigenvalue weighted by Gasteiger charge is 2.43. The number of hydrogen-bond acceptors (Lipinski definition) is 8. The average Bonchev–Trinajstić information content (AvgIpc) is 3.43. The number of carbonyl (C=O) groups is 3. The molecule has 0 spiro atoms. The minimum absolute atomic E-state index is 0. The molecule has 2 aliphatic heterocycles. The number of aliphatic hydroxyl groups is 1. The number of para-hydroxylation sites is 1. The molecule has 1 saturated heterocycles. The lowest BCUT2D eigenvalue weighted by molar-refractivity contribution is -0.175. The molecule has 3 unspecified atom stereocenters. The van der Waals surface area contributed by atoms with Crippen LogP contribution in [0, 0.1) is 0 Å². The molecule has 0 bridgehead atoms. The molecule has 3 aliphatic rings. The van der Waals surface area contributed by atoms with Gasteiger partial charge in [0.25, 0.3) is 5.91 Å². The Balaban J connectivity index is 0.00000370. The van der Waals surface area contributed by atoms with Crippen molar-refractivity contribution in [2.24, 2.45) is 5.84 Å². The standard InChI is InChI=1S/C29H36N4O6.ClH/c30-33-23-15-8-7-12-21(23)18-24(28(36)39-25-16-9-17-31(25)26(34)27(33)35)32(22-13-5-2-6-14-22)29(37)38-19-20-10-3-1-4-11-20;/h1,3-4,7-8,10-12,15,22,24-26,34H,2,5-6,9,13-14,16-19,30H2;1H. The van der Waals surface area contributed by atoms with E-state index in [-0.39, 0.29) is 31.5 Å². The number of rotatable bonds is 4. The van der Waals surface area contributed by atoms with Gasteiger partial charge in [0.1, 0.15) is 12.6 Å². The summed E-state index contributed by atoms with van der Waals surface area (Å²) in [5.74, 6) is 4.94. The first-order valence-corrected chi connectivity index (χ1v) is 13.7. The van der Waals surface area contributed by atoms with Crippen LogP contribution in [0.25, 0.3) is 0 Å². The molecule has 2 amide bonds. The monoisotopic (exact) mass is 572 g/mol. The lowest BCUT2D eigenvalue weighted by atomic mass is 9.92. The van der Waals surface area contributed by atoms with E-state index < -0.39 is 36.5 Å². The Bertz CT molecular complexity index is 1180. The lowest BCUT2D eigenvalue weighted by Crippen LogP contribution is -2.55. The summed E-state index contributed by atoms with van der Waals surface area (Å²) < 4.78 is 11.7. The molecule has 2 fully saturated rings. The molecule has 2 aromatic carbocycles. The summed E-state index contributed by atoms with van der Waals surface area (Å²) in [6, 6.07) is 15.2. The zero-order valence-corrected chi connectivity index (χ0v) is 23.2. The Morgan fingerprint density at radius 1 is 1.00 bits per heavy atom. The number of hydrazine groups is 1. The van der Waals surface area contributed by atoms with Crippen molar-refractivity contribution in [1.29, 1.82) is 0 Å². The van der Waals surface area contributed by atoms with E-state index in [2.05, 4.69) is 0 Å². The van der Waals surface area contributed by atoms with Crippen LogP contribution >= 0.6 is 12.4 Å². The highest BCUT2D eigenvalue weighted by molar-refractivity contribution is 5.96. The number of esters is 1. The van der Waals surface area contributed by atoms with Crippen LogP contribution in [0.4, 0.5) is 10.5 Å². The number of amides is 2. The molecule has 3 N–H and O–H groups in total. The van der Waals surface area contributed by atoms with Crippen LogP contribution in [0.2, 0.25) is 0 Å². The smallest absolute Gasteiger partial charge is 0.411 e. The van der Waals surface area contributed by atoms with Gasteiger partial charge in [-0.2, -0.15) is 0 Å². The summed E-state index contributed by atoms with van der Waals surface area (Å²) in [5, 5.41) is 11.8. The fraction of sp³-hybridized carbons (Fsp3) is 0.483. The first kappa shape index (κ1) is 29.8. The van der Waals surface area contributed by atoms with Crippen LogP contribution in [0.5, 0.6) is 0 Å². The van der Waals surface area contributed by atoms with Gasteiger partial charge >= 0.3 is 12.1 Å². The number of nitrogens with two attached hydrogens (primary N) is 1. The number of ether oxygens (including phenoxy) is 2. The quantitative estimate of drug-likeness (QED) is 0.324. The van der Waals surface area contributed by atoms with Crippen LogP contribution < -0.4 is 10.9 Å². The zero-order valence-electron chi connectivity index (χ0n) is 22.4. The number of fused-ring (bicyclic) bond motifs is 2. The fourth-order valence-corrected chi connectivity index (χ4v) is 5.87. The van der Waals surface area contributed by atoms with Crippen molar-refractivity contribution in [2.75, 3.05) is 11.6 Å². The lowest BCUT2D eigenvalue weighted by Gasteiger charge is -2.38. The van der Waals surface area contributed by atoms with E-state index in [1.165, 1.54) is 4.90 Å². The van der Waals surface area contributed by atoms with Crippen molar-refractivity contribution < 1.29 is 29.0 Å². The number of hydrogen-bond donors (Lipinski definition) is 2. The maximum atomic E-state index is 13.9. The Labute approximate surface area is 240 Å². The second-order valence-electron chi connectivity index (χ2n) is 10.4. The summed E-state index contributed by atoms with van der Waals surface area (Å²) in [7, 11) is 0. The zero-order chi connectivity index (χ0) is 27.4. The van der Waals surface area contributed by atoms with E-state index in [9.17, 15) is 19.5 Å². The SMILES string of the molecule is Cl.NN1C(=O)C(O)N2CCCC2OC(=O)C(N(C(=O)OCc2ccccc2)C2CCCCC2)Cc2ccccc21. The van der Waals surface area contributed by atoms with Crippen molar-refractivity contribution >= 4 is 36.1 Å². The topological polar surface area (TPSA) is 126 Å². The van der Waals surface area contributed by atoms with E-state index in [1.807, 2.05) is 30.3 Å². The Morgan fingerprint density at radius 2 is 1.70 bits per heavy atom. The number of benzene rings is 2. The molecule has 5 rings (SSSR count). The summed E-state index contributed by atoms with van der Waals surface area (Å²) in [5.41, 5.74) is 1.79. The third kappa shape index (κ3) is 6.41. The van der Waals surface area contributed by atoms with Crippen molar-refractivity contribution in [1.82, 2.24) is 9.80 Å². The summed E-state index contributed by atoms with van der Waals surface area (Å²) >= 11 is 0. The van der Waals surface area contributed by atoms with Crippen LogP contribution in [-0.2, 0) is 32.1 Å². The van der Waals surface area contributed by atoms with Gasteiger partial charge in [0.05, 0.1) is 5.69 Å². The Morgan fingerprint density at radius 3 is 2.45 bits per heavy atom. The van der Waals surface area contributed by atoms with Crippen molar-refractivity contribution in [3.05, 3.63) is 65.7 Å². The highest BCUT2D eigenvalue weighted by atomic mass is 35.5. The number of aliphatic hydroxyl groups excluding tert-OH is 1. The van der Waals surface area contributed by atoms with E-state index >= 15 is 0 Å². The number of carbonyl (C=O) groups excluding carboxylic acids is 3. The van der Waals surface area contributed by atoms with Crippen LogP contribution in [0.3, 0.4) is 0 Å². The number of halogens is 1. The van der Waals surface area contributed by atoms with Gasteiger partial charge in [0.15, 0.2) is 12.5 Å². The van der Waals surface area contributed by atoms with Crippen LogP contribution in [0.1, 0.15) is 56.1 Å². The van der Waals surface area contributed by atoms with Gasteiger partial charge in [-0.3, -0.25) is 9.69 Å². The molecule has 1 aliphatic carbocycles. The molecule has 1 saturated carbocycles. The molecule has 3 atom stereocenters. The van der Waals surface area contributed by atoms with Gasteiger partial charge in [0.2, 0.25) is 0 Å². The van der Waals surface area contributed by atoms with E-state index in [1.54, 1.807) is 29.2 Å². The molecule has 0 radical (unpaired) electrons. The van der Waals surface area contributed by atoms with E-state index in [0.29, 0.717) is 30.6 Å². The summed E-state index contributed by atoms with van der Waals surface area (Å²) in [6.07, 6.45) is 2.69. The van der Waals surface area contributed by atoms with Crippen LogP contribution in [0.15, 0.2) is 54.6 Å². The maximum absolute atomic E-state index is 13.9. The third-order valence-corrected chi connectivity index (χ3v) is 7.92. The van der Waals surface area contributed by atoms with Crippen molar-refractivity contribution in [2.45, 2.75) is 82.5 Å². The number of nitrogens with zero attached hydrogens (tertiary/aromatic N) is 3. The molecule has 0 aromatic heterocycles. The third-order valence-electron chi connectivity index (χ3n) is 7.92. The van der Waals surface area contributed by atoms with Crippen LogP contribution in [-0.4, -0.2) is 64.0 Å². The normalized spacial score (nSPS) is 24.1. The second kappa shape index (κ2) is 13.5. The first-order valence-electron chi connectivity index (χ1n) is 13.7. The Kier molecular flexibility index (Phi) is 10.0. The van der Waals surface area contributed by atoms with Gasteiger partial charge in [-0.15, -0.1) is 12.4 Å². The fourth-order valence-electron chi connectivity index (χ4n) is 5.87. The molecule has 40 heavy (non-hydrogen) atoms.